The number of aromatic amines is 1. The zero-order valence-corrected chi connectivity index (χ0v) is 10.5. The van der Waals surface area contributed by atoms with Crippen molar-refractivity contribution in [2.75, 3.05) is 0 Å². The van der Waals surface area contributed by atoms with E-state index < -0.39 is 0 Å². The van der Waals surface area contributed by atoms with Gasteiger partial charge in [-0.25, -0.2) is 0 Å². The molecule has 0 amide bonds. The lowest BCUT2D eigenvalue weighted by atomic mass is 10.1. The van der Waals surface area contributed by atoms with E-state index in [0.29, 0.717) is 0 Å². The molecule has 1 heterocycles. The highest BCUT2D eigenvalue weighted by molar-refractivity contribution is 7.80. The summed E-state index contributed by atoms with van der Waals surface area (Å²) in [6.07, 6.45) is 0. The van der Waals surface area contributed by atoms with Crippen LogP contribution in [0.15, 0.2) is 53.4 Å². The molecule has 0 saturated carbocycles. The SMILES string of the molecule is Cc1ccc2[nH]c(-c3ccccc3)c(S)c2c1. The molecular weight excluding hydrogens is 226 g/mol. The lowest BCUT2D eigenvalue weighted by Gasteiger charge is -1.98. The zero-order chi connectivity index (χ0) is 11.8. The second kappa shape index (κ2) is 3.97. The first-order valence-electron chi connectivity index (χ1n) is 5.62. The van der Waals surface area contributed by atoms with Crippen LogP contribution in [0.1, 0.15) is 5.56 Å². The maximum Gasteiger partial charge on any atom is 0.0600 e. The van der Waals surface area contributed by atoms with Gasteiger partial charge in [0.05, 0.1) is 5.69 Å². The molecule has 0 saturated heterocycles. The predicted octanol–water partition coefficient (Wildman–Crippen LogP) is 4.43. The standard InChI is InChI=1S/C15H13NS/c1-10-7-8-13-12(9-10)15(17)14(16-13)11-5-3-2-4-6-11/h2-9,16-17H,1H3. The van der Waals surface area contributed by atoms with Crippen LogP contribution in [-0.2, 0) is 0 Å². The number of H-pyrrole nitrogens is 1. The number of benzene rings is 2. The van der Waals surface area contributed by atoms with Crippen LogP contribution in [0.4, 0.5) is 0 Å². The van der Waals surface area contributed by atoms with Gasteiger partial charge in [0.25, 0.3) is 0 Å². The lowest BCUT2D eigenvalue weighted by Crippen LogP contribution is -1.76. The van der Waals surface area contributed by atoms with E-state index in [9.17, 15) is 0 Å². The fourth-order valence-electron chi connectivity index (χ4n) is 2.11. The van der Waals surface area contributed by atoms with E-state index in [-0.39, 0.29) is 0 Å². The number of hydrogen-bond acceptors (Lipinski definition) is 1. The van der Waals surface area contributed by atoms with Gasteiger partial charge in [-0.15, -0.1) is 12.6 Å². The monoisotopic (exact) mass is 239 g/mol. The number of aryl methyl sites for hydroxylation is 1. The van der Waals surface area contributed by atoms with Gasteiger partial charge in [-0.05, 0) is 24.6 Å². The predicted molar refractivity (Wildman–Crippen MR) is 75.7 cm³/mol. The third kappa shape index (κ3) is 1.75. The Labute approximate surface area is 106 Å². The topological polar surface area (TPSA) is 15.8 Å². The fraction of sp³-hybridized carbons (Fsp3) is 0.0667. The Kier molecular flexibility index (Phi) is 2.45. The molecule has 0 fully saturated rings. The molecule has 0 aliphatic heterocycles. The Morgan fingerprint density at radius 2 is 1.76 bits per heavy atom. The normalized spacial score (nSPS) is 10.9. The van der Waals surface area contributed by atoms with Crippen molar-refractivity contribution in [3.8, 4) is 11.3 Å². The molecule has 0 radical (unpaired) electrons. The van der Waals surface area contributed by atoms with Gasteiger partial charge >= 0.3 is 0 Å². The van der Waals surface area contributed by atoms with Crippen molar-refractivity contribution in [3.63, 3.8) is 0 Å². The first-order chi connectivity index (χ1) is 8.25. The highest BCUT2D eigenvalue weighted by Gasteiger charge is 2.09. The van der Waals surface area contributed by atoms with Crippen LogP contribution in [0.5, 0.6) is 0 Å². The highest BCUT2D eigenvalue weighted by Crippen LogP contribution is 2.33. The van der Waals surface area contributed by atoms with Crippen LogP contribution in [0.25, 0.3) is 22.2 Å². The lowest BCUT2D eigenvalue weighted by molar-refractivity contribution is 1.40. The first-order valence-corrected chi connectivity index (χ1v) is 6.07. The molecule has 3 aromatic rings. The first kappa shape index (κ1) is 10.5. The molecule has 84 valence electrons. The quantitative estimate of drug-likeness (QED) is 0.584. The Hall–Kier alpha value is -1.67. The third-order valence-electron chi connectivity index (χ3n) is 2.99. The minimum absolute atomic E-state index is 1.02. The molecule has 0 bridgehead atoms. The van der Waals surface area contributed by atoms with Crippen LogP contribution in [0.2, 0.25) is 0 Å². The van der Waals surface area contributed by atoms with Crippen LogP contribution in [-0.4, -0.2) is 4.98 Å². The minimum Gasteiger partial charge on any atom is -0.354 e. The molecule has 1 aromatic heterocycles. The summed E-state index contributed by atoms with van der Waals surface area (Å²) in [4.78, 5) is 4.45. The summed E-state index contributed by atoms with van der Waals surface area (Å²) < 4.78 is 0. The van der Waals surface area contributed by atoms with Gasteiger partial charge in [-0.2, -0.15) is 0 Å². The number of fused-ring (bicyclic) bond motifs is 1. The van der Waals surface area contributed by atoms with Crippen molar-refractivity contribution in [1.29, 1.82) is 0 Å². The summed E-state index contributed by atoms with van der Waals surface area (Å²) >= 11 is 4.64. The second-order valence-corrected chi connectivity index (χ2v) is 4.71. The Bertz CT molecular complexity index is 668. The Morgan fingerprint density at radius 1 is 1.00 bits per heavy atom. The van der Waals surface area contributed by atoms with E-state index in [1.807, 2.05) is 18.2 Å². The van der Waals surface area contributed by atoms with Gasteiger partial charge in [0, 0.05) is 15.8 Å². The number of hydrogen-bond donors (Lipinski definition) is 2. The fourth-order valence-corrected chi connectivity index (χ4v) is 2.48. The van der Waals surface area contributed by atoms with E-state index in [0.717, 1.165) is 16.1 Å². The molecule has 3 rings (SSSR count). The van der Waals surface area contributed by atoms with Crippen molar-refractivity contribution in [1.82, 2.24) is 4.98 Å². The third-order valence-corrected chi connectivity index (χ3v) is 3.45. The minimum atomic E-state index is 1.02. The van der Waals surface area contributed by atoms with Crippen molar-refractivity contribution in [2.45, 2.75) is 11.8 Å². The zero-order valence-electron chi connectivity index (χ0n) is 9.57. The van der Waals surface area contributed by atoms with Crippen molar-refractivity contribution >= 4 is 23.5 Å². The largest absolute Gasteiger partial charge is 0.354 e. The second-order valence-electron chi connectivity index (χ2n) is 4.26. The molecule has 2 heteroatoms. The average molecular weight is 239 g/mol. The van der Waals surface area contributed by atoms with E-state index in [4.69, 9.17) is 0 Å². The van der Waals surface area contributed by atoms with Crippen molar-refractivity contribution < 1.29 is 0 Å². The molecule has 0 atom stereocenters. The average Bonchev–Trinajstić information content (AvgIpc) is 2.68. The number of rotatable bonds is 1. The Morgan fingerprint density at radius 3 is 2.53 bits per heavy atom. The molecule has 17 heavy (non-hydrogen) atoms. The summed E-state index contributed by atoms with van der Waals surface area (Å²) in [6, 6.07) is 16.7. The molecule has 0 unspecified atom stereocenters. The smallest absolute Gasteiger partial charge is 0.0600 e. The van der Waals surface area contributed by atoms with E-state index in [2.05, 4.69) is 54.9 Å². The van der Waals surface area contributed by atoms with Crippen LogP contribution < -0.4 is 0 Å². The maximum atomic E-state index is 4.64. The van der Waals surface area contributed by atoms with Gasteiger partial charge in [-0.3, -0.25) is 0 Å². The molecule has 0 aliphatic carbocycles. The summed E-state index contributed by atoms with van der Waals surface area (Å²) in [7, 11) is 0. The maximum absolute atomic E-state index is 4.64. The molecule has 1 nitrogen and oxygen atoms in total. The van der Waals surface area contributed by atoms with E-state index in [1.54, 1.807) is 0 Å². The Balaban J connectivity index is 2.28. The summed E-state index contributed by atoms with van der Waals surface area (Å²) in [5, 5.41) is 1.19. The van der Waals surface area contributed by atoms with Crippen LogP contribution in [0, 0.1) is 6.92 Å². The van der Waals surface area contributed by atoms with Gasteiger partial charge < -0.3 is 4.98 Å². The molecular formula is C15H13NS. The number of aromatic nitrogens is 1. The molecule has 0 spiro atoms. The summed E-state index contributed by atoms with van der Waals surface area (Å²) in [5.41, 5.74) is 4.66. The molecule has 2 aromatic carbocycles. The summed E-state index contributed by atoms with van der Waals surface area (Å²) in [6.45, 7) is 2.10. The van der Waals surface area contributed by atoms with Crippen LogP contribution in [0.3, 0.4) is 0 Å². The number of nitrogens with one attached hydrogen (secondary N) is 1. The van der Waals surface area contributed by atoms with Gasteiger partial charge in [0.2, 0.25) is 0 Å². The summed E-state index contributed by atoms with van der Waals surface area (Å²) in [5.74, 6) is 0. The number of thiol groups is 1. The van der Waals surface area contributed by atoms with Crippen molar-refractivity contribution in [3.05, 3.63) is 54.1 Å². The molecule has 0 aliphatic rings. The molecule has 1 N–H and O–H groups in total. The van der Waals surface area contributed by atoms with E-state index in [1.165, 1.54) is 16.5 Å². The van der Waals surface area contributed by atoms with Gasteiger partial charge in [0.1, 0.15) is 0 Å². The van der Waals surface area contributed by atoms with Crippen molar-refractivity contribution in [2.24, 2.45) is 0 Å². The highest BCUT2D eigenvalue weighted by atomic mass is 32.1. The van der Waals surface area contributed by atoms with E-state index >= 15 is 0 Å². The van der Waals surface area contributed by atoms with Gasteiger partial charge in [-0.1, -0.05) is 42.0 Å². The van der Waals surface area contributed by atoms with Gasteiger partial charge in [0.15, 0.2) is 0 Å². The van der Waals surface area contributed by atoms with Crippen LogP contribution >= 0.6 is 12.6 Å².